The molecular weight excluding hydrogens is 268 g/mol. The molecule has 0 aromatic carbocycles. The van der Waals surface area contributed by atoms with Crippen LogP contribution >= 0.6 is 0 Å². The summed E-state index contributed by atoms with van der Waals surface area (Å²) in [5.41, 5.74) is 0. The molecule has 0 saturated carbocycles. The molecule has 0 aromatic rings. The van der Waals surface area contributed by atoms with Crippen LogP contribution in [0.25, 0.3) is 0 Å². The Morgan fingerprint density at radius 1 is 0.500 bits per heavy atom. The molecule has 22 heavy (non-hydrogen) atoms. The van der Waals surface area contributed by atoms with E-state index in [1.807, 2.05) is 0 Å². The lowest BCUT2D eigenvalue weighted by atomic mass is 10.1. The van der Waals surface area contributed by atoms with Crippen molar-refractivity contribution in [1.29, 1.82) is 0 Å². The summed E-state index contributed by atoms with van der Waals surface area (Å²) in [5.74, 6) is 0. The second-order valence-electron chi connectivity index (χ2n) is 7.46. The van der Waals surface area contributed by atoms with Crippen LogP contribution in [0.5, 0.6) is 0 Å². The van der Waals surface area contributed by atoms with Gasteiger partial charge < -0.3 is 8.97 Å². The molecule has 136 valence electrons. The van der Waals surface area contributed by atoms with E-state index in [4.69, 9.17) is 0 Å². The number of rotatable bonds is 12. The van der Waals surface area contributed by atoms with Crippen molar-refractivity contribution in [3.8, 4) is 0 Å². The summed E-state index contributed by atoms with van der Waals surface area (Å²) in [6, 6.07) is 0. The SMILES string of the molecule is CCCC[N+](CC)(CCCC)CCCC.CC[N+](C)(C)CC. The lowest BCUT2D eigenvalue weighted by Gasteiger charge is -2.38. The zero-order valence-electron chi connectivity index (χ0n) is 17.4. The minimum Gasteiger partial charge on any atom is -0.329 e. The zero-order valence-corrected chi connectivity index (χ0v) is 17.4. The van der Waals surface area contributed by atoms with Crippen molar-refractivity contribution in [2.45, 2.75) is 80.1 Å². The number of quaternary nitrogens is 2. The molecule has 0 N–H and O–H groups in total. The molecule has 2 nitrogen and oxygen atoms in total. The van der Waals surface area contributed by atoms with Crippen LogP contribution in [0.1, 0.15) is 80.1 Å². The summed E-state index contributed by atoms with van der Waals surface area (Å²) in [6.45, 7) is 21.8. The van der Waals surface area contributed by atoms with Crippen LogP contribution in [-0.4, -0.2) is 62.3 Å². The Hall–Kier alpha value is -0.0800. The van der Waals surface area contributed by atoms with Gasteiger partial charge in [0, 0.05) is 0 Å². The number of unbranched alkanes of at least 4 members (excludes halogenated alkanes) is 3. The Morgan fingerprint density at radius 3 is 0.955 bits per heavy atom. The maximum atomic E-state index is 2.38. The van der Waals surface area contributed by atoms with E-state index in [0.29, 0.717) is 0 Å². The van der Waals surface area contributed by atoms with Crippen LogP contribution in [0.4, 0.5) is 0 Å². The fourth-order valence-electron chi connectivity index (χ4n) is 2.51. The predicted octanol–water partition coefficient (Wildman–Crippen LogP) is 5.33. The monoisotopic (exact) mass is 316 g/mol. The van der Waals surface area contributed by atoms with Gasteiger partial charge in [0.1, 0.15) is 0 Å². The zero-order chi connectivity index (χ0) is 17.5. The maximum Gasteiger partial charge on any atom is 0.0786 e. The Labute approximate surface area is 143 Å². The van der Waals surface area contributed by atoms with Gasteiger partial charge in [-0.15, -0.1) is 0 Å². The van der Waals surface area contributed by atoms with E-state index < -0.39 is 0 Å². The molecule has 0 fully saturated rings. The Morgan fingerprint density at radius 2 is 0.818 bits per heavy atom. The second kappa shape index (κ2) is 14.5. The van der Waals surface area contributed by atoms with Gasteiger partial charge in [-0.3, -0.25) is 0 Å². The predicted molar refractivity (Wildman–Crippen MR) is 103 cm³/mol. The van der Waals surface area contributed by atoms with Crippen LogP contribution < -0.4 is 0 Å². The van der Waals surface area contributed by atoms with Crippen molar-refractivity contribution in [3.63, 3.8) is 0 Å². The third kappa shape index (κ3) is 12.5. The molecule has 0 atom stereocenters. The molecule has 0 aliphatic heterocycles. The van der Waals surface area contributed by atoms with Crippen molar-refractivity contribution < 1.29 is 8.97 Å². The number of hydrogen-bond acceptors (Lipinski definition) is 0. The molecule has 0 aromatic heterocycles. The lowest BCUT2D eigenvalue weighted by Crippen LogP contribution is -2.49. The molecule has 0 heterocycles. The number of hydrogen-bond donors (Lipinski definition) is 0. The van der Waals surface area contributed by atoms with Gasteiger partial charge in [-0.25, -0.2) is 0 Å². The minimum atomic E-state index is 1.14. The van der Waals surface area contributed by atoms with Crippen LogP contribution in [0.3, 0.4) is 0 Å². The largest absolute Gasteiger partial charge is 0.329 e. The summed E-state index contributed by atoms with van der Waals surface area (Å²) in [4.78, 5) is 0. The molecule has 2 heteroatoms. The van der Waals surface area contributed by atoms with Crippen LogP contribution in [-0.2, 0) is 0 Å². The van der Waals surface area contributed by atoms with Gasteiger partial charge in [0.25, 0.3) is 0 Å². The van der Waals surface area contributed by atoms with Crippen LogP contribution in [0, 0.1) is 0 Å². The molecule has 0 rings (SSSR count). The van der Waals surface area contributed by atoms with Gasteiger partial charge in [0.2, 0.25) is 0 Å². The third-order valence-electron chi connectivity index (χ3n) is 5.34. The van der Waals surface area contributed by atoms with E-state index in [2.05, 4.69) is 55.6 Å². The van der Waals surface area contributed by atoms with Gasteiger partial charge in [-0.1, -0.05) is 40.0 Å². The highest BCUT2D eigenvalue weighted by Gasteiger charge is 2.22. The van der Waals surface area contributed by atoms with Crippen molar-refractivity contribution in [3.05, 3.63) is 0 Å². The third-order valence-corrected chi connectivity index (χ3v) is 5.34. The van der Waals surface area contributed by atoms with Gasteiger partial charge in [0.15, 0.2) is 0 Å². The van der Waals surface area contributed by atoms with E-state index in [0.717, 1.165) is 4.48 Å². The first-order valence-corrected chi connectivity index (χ1v) is 10.0. The minimum absolute atomic E-state index is 1.14. The highest BCUT2D eigenvalue weighted by atomic mass is 15.3. The van der Waals surface area contributed by atoms with Crippen LogP contribution in [0.15, 0.2) is 0 Å². The van der Waals surface area contributed by atoms with Crippen LogP contribution in [0.2, 0.25) is 0 Å². The fraction of sp³-hybridized carbons (Fsp3) is 1.00. The number of nitrogens with zero attached hydrogens (tertiary/aromatic N) is 2. The van der Waals surface area contributed by atoms with Crippen molar-refractivity contribution in [2.75, 3.05) is 53.4 Å². The first-order chi connectivity index (χ1) is 10.4. The van der Waals surface area contributed by atoms with Gasteiger partial charge in [-0.05, 0) is 40.0 Å². The summed E-state index contributed by atoms with van der Waals surface area (Å²) < 4.78 is 2.52. The maximum absolute atomic E-state index is 2.38. The standard InChI is InChI=1S/C14H32N.C6H16N/c1-5-9-12-15(8-4,13-10-6-2)14-11-7-3;1-5-7(3,4)6-2/h5-14H2,1-4H3;5-6H2,1-4H3/q2*+1. The molecular formula is C20H48N2+2. The molecule has 0 aliphatic carbocycles. The van der Waals surface area contributed by atoms with Gasteiger partial charge in [0.05, 0.1) is 53.4 Å². The summed E-state index contributed by atoms with van der Waals surface area (Å²) in [7, 11) is 4.47. The second-order valence-corrected chi connectivity index (χ2v) is 7.46. The van der Waals surface area contributed by atoms with Crippen molar-refractivity contribution in [2.24, 2.45) is 0 Å². The normalized spacial score (nSPS) is 12.0. The molecule has 0 radical (unpaired) electrons. The van der Waals surface area contributed by atoms with E-state index in [1.165, 1.54) is 82.3 Å². The first kappa shape index (κ1) is 24.2. The molecule has 0 amide bonds. The first-order valence-electron chi connectivity index (χ1n) is 10.0. The van der Waals surface area contributed by atoms with Crippen molar-refractivity contribution >= 4 is 0 Å². The lowest BCUT2D eigenvalue weighted by molar-refractivity contribution is -0.927. The summed E-state index contributed by atoms with van der Waals surface area (Å²) in [5, 5.41) is 0. The smallest absolute Gasteiger partial charge is 0.0786 e. The highest BCUT2D eigenvalue weighted by molar-refractivity contribution is 4.46. The Bertz CT molecular complexity index is 196. The summed E-state index contributed by atoms with van der Waals surface area (Å²) in [6.07, 6.45) is 8.25. The highest BCUT2D eigenvalue weighted by Crippen LogP contribution is 2.14. The van der Waals surface area contributed by atoms with Crippen molar-refractivity contribution in [1.82, 2.24) is 0 Å². The summed E-state index contributed by atoms with van der Waals surface area (Å²) >= 11 is 0. The molecule has 0 unspecified atom stereocenters. The van der Waals surface area contributed by atoms with E-state index >= 15 is 0 Å². The molecule has 0 saturated heterocycles. The molecule has 0 aliphatic rings. The average Bonchev–Trinajstić information content (AvgIpc) is 2.55. The topological polar surface area (TPSA) is 0 Å². The average molecular weight is 317 g/mol. The van der Waals surface area contributed by atoms with E-state index in [1.54, 1.807) is 0 Å². The molecule has 0 spiro atoms. The fourth-order valence-corrected chi connectivity index (χ4v) is 2.51. The van der Waals surface area contributed by atoms with Gasteiger partial charge >= 0.3 is 0 Å². The molecule has 0 bridgehead atoms. The Balaban J connectivity index is 0. The van der Waals surface area contributed by atoms with E-state index in [-0.39, 0.29) is 0 Å². The van der Waals surface area contributed by atoms with E-state index in [9.17, 15) is 0 Å². The van der Waals surface area contributed by atoms with Gasteiger partial charge in [-0.2, -0.15) is 0 Å². The Kier molecular flexibility index (Phi) is 15.9. The quantitative estimate of drug-likeness (QED) is 0.427.